The summed E-state index contributed by atoms with van der Waals surface area (Å²) in [6.45, 7) is 0.610. The lowest BCUT2D eigenvalue weighted by molar-refractivity contribution is 0.714. The summed E-state index contributed by atoms with van der Waals surface area (Å²) in [4.78, 5) is 12.6. The summed E-state index contributed by atoms with van der Waals surface area (Å²) in [5, 5.41) is 5.36. The van der Waals surface area contributed by atoms with Crippen LogP contribution in [0.15, 0.2) is 53.3 Å². The van der Waals surface area contributed by atoms with Crippen molar-refractivity contribution < 1.29 is 0 Å². The molecule has 4 heteroatoms. The average Bonchev–Trinajstić information content (AvgIpc) is 2.53. The Labute approximate surface area is 134 Å². The first kappa shape index (κ1) is 14.8. The minimum absolute atomic E-state index is 0.00315. The number of hydrogen-bond donors (Lipinski definition) is 1. The SMILES string of the molecule is CNCc1c(-c2ccccc2)c2cc(Cl)ccc2c(=O)n1C. The summed E-state index contributed by atoms with van der Waals surface area (Å²) < 4.78 is 1.72. The predicted octanol–water partition coefficient (Wildman–Crippen LogP) is 3.58. The van der Waals surface area contributed by atoms with E-state index in [1.165, 1.54) is 0 Å². The molecule has 1 N–H and O–H groups in total. The van der Waals surface area contributed by atoms with E-state index in [1.807, 2.05) is 38.4 Å². The molecular weight excluding hydrogens is 296 g/mol. The maximum atomic E-state index is 12.6. The van der Waals surface area contributed by atoms with Crippen LogP contribution in [0.1, 0.15) is 5.69 Å². The van der Waals surface area contributed by atoms with Gasteiger partial charge < -0.3 is 9.88 Å². The Morgan fingerprint density at radius 1 is 1.09 bits per heavy atom. The molecule has 112 valence electrons. The summed E-state index contributed by atoms with van der Waals surface area (Å²) in [5.74, 6) is 0. The van der Waals surface area contributed by atoms with E-state index in [9.17, 15) is 4.79 Å². The molecule has 0 amide bonds. The van der Waals surface area contributed by atoms with Gasteiger partial charge in [-0.2, -0.15) is 0 Å². The van der Waals surface area contributed by atoms with E-state index in [0.29, 0.717) is 17.0 Å². The van der Waals surface area contributed by atoms with Crippen molar-refractivity contribution in [1.29, 1.82) is 0 Å². The monoisotopic (exact) mass is 312 g/mol. The first-order valence-corrected chi connectivity index (χ1v) is 7.52. The van der Waals surface area contributed by atoms with Gasteiger partial charge in [-0.15, -0.1) is 0 Å². The van der Waals surface area contributed by atoms with Gasteiger partial charge in [0.1, 0.15) is 0 Å². The number of aromatic nitrogens is 1. The maximum Gasteiger partial charge on any atom is 0.258 e. The summed E-state index contributed by atoms with van der Waals surface area (Å²) in [5.41, 5.74) is 3.08. The molecule has 0 spiro atoms. The van der Waals surface area contributed by atoms with Crippen molar-refractivity contribution in [3.63, 3.8) is 0 Å². The molecule has 0 fully saturated rings. The summed E-state index contributed by atoms with van der Waals surface area (Å²) >= 11 is 6.18. The van der Waals surface area contributed by atoms with Gasteiger partial charge in [0, 0.05) is 35.3 Å². The molecule has 0 atom stereocenters. The smallest absolute Gasteiger partial charge is 0.258 e. The molecule has 0 aliphatic carbocycles. The van der Waals surface area contributed by atoms with Crippen LogP contribution in [-0.4, -0.2) is 11.6 Å². The zero-order valence-electron chi connectivity index (χ0n) is 12.6. The van der Waals surface area contributed by atoms with Gasteiger partial charge in [-0.25, -0.2) is 0 Å². The highest BCUT2D eigenvalue weighted by molar-refractivity contribution is 6.31. The van der Waals surface area contributed by atoms with E-state index in [0.717, 1.165) is 22.2 Å². The Kier molecular flexibility index (Phi) is 4.01. The first-order chi connectivity index (χ1) is 10.6. The van der Waals surface area contributed by atoms with E-state index in [4.69, 9.17) is 11.6 Å². The molecule has 0 saturated carbocycles. The van der Waals surface area contributed by atoms with Gasteiger partial charge in [0.05, 0.1) is 0 Å². The van der Waals surface area contributed by atoms with Crippen LogP contribution in [0.3, 0.4) is 0 Å². The van der Waals surface area contributed by atoms with Crippen LogP contribution in [-0.2, 0) is 13.6 Å². The number of halogens is 1. The van der Waals surface area contributed by atoms with Gasteiger partial charge >= 0.3 is 0 Å². The average molecular weight is 313 g/mol. The topological polar surface area (TPSA) is 34.0 Å². The summed E-state index contributed by atoms with van der Waals surface area (Å²) in [6.07, 6.45) is 0. The number of fused-ring (bicyclic) bond motifs is 1. The van der Waals surface area contributed by atoms with Crippen LogP contribution in [0.2, 0.25) is 5.02 Å². The number of hydrogen-bond acceptors (Lipinski definition) is 2. The molecule has 0 radical (unpaired) electrons. The molecule has 1 aromatic heterocycles. The third kappa shape index (κ3) is 2.43. The molecule has 0 aliphatic rings. The molecule has 2 aromatic carbocycles. The number of nitrogens with one attached hydrogen (secondary N) is 1. The fourth-order valence-corrected chi connectivity index (χ4v) is 3.01. The van der Waals surface area contributed by atoms with Crippen molar-refractivity contribution in [2.75, 3.05) is 7.05 Å². The third-order valence-electron chi connectivity index (χ3n) is 3.89. The highest BCUT2D eigenvalue weighted by Crippen LogP contribution is 2.31. The largest absolute Gasteiger partial charge is 0.314 e. The Balaban J connectivity index is 2.50. The van der Waals surface area contributed by atoms with Gasteiger partial charge in [-0.05, 0) is 36.2 Å². The minimum Gasteiger partial charge on any atom is -0.314 e. The predicted molar refractivity (Wildman–Crippen MR) is 92.4 cm³/mol. The van der Waals surface area contributed by atoms with Crippen molar-refractivity contribution in [3.05, 3.63) is 69.6 Å². The summed E-state index contributed by atoms with van der Waals surface area (Å²) in [7, 11) is 3.69. The fourth-order valence-electron chi connectivity index (χ4n) is 2.84. The summed E-state index contributed by atoms with van der Waals surface area (Å²) in [6, 6.07) is 15.5. The molecule has 0 unspecified atom stereocenters. The Hall–Kier alpha value is -2.10. The lowest BCUT2D eigenvalue weighted by Crippen LogP contribution is -2.24. The van der Waals surface area contributed by atoms with E-state index in [1.54, 1.807) is 16.7 Å². The molecule has 0 bridgehead atoms. The van der Waals surface area contributed by atoms with Gasteiger partial charge in [0.25, 0.3) is 5.56 Å². The second-order valence-electron chi connectivity index (χ2n) is 5.27. The molecule has 0 saturated heterocycles. The number of benzene rings is 2. The molecule has 3 nitrogen and oxygen atoms in total. The number of pyridine rings is 1. The van der Waals surface area contributed by atoms with Crippen LogP contribution >= 0.6 is 11.6 Å². The normalized spacial score (nSPS) is 11.0. The minimum atomic E-state index is -0.00315. The molecule has 0 aliphatic heterocycles. The zero-order valence-corrected chi connectivity index (χ0v) is 13.3. The first-order valence-electron chi connectivity index (χ1n) is 7.14. The molecule has 1 heterocycles. The molecular formula is C18H17ClN2O. The van der Waals surface area contributed by atoms with Crippen LogP contribution < -0.4 is 10.9 Å². The van der Waals surface area contributed by atoms with Crippen molar-refractivity contribution in [1.82, 2.24) is 9.88 Å². The molecule has 3 aromatic rings. The van der Waals surface area contributed by atoms with Crippen molar-refractivity contribution in [3.8, 4) is 11.1 Å². The van der Waals surface area contributed by atoms with Gasteiger partial charge in [-0.1, -0.05) is 41.9 Å². The number of rotatable bonds is 3. The Bertz CT molecular complexity index is 885. The number of nitrogens with zero attached hydrogens (tertiary/aromatic N) is 1. The Morgan fingerprint density at radius 3 is 2.50 bits per heavy atom. The Morgan fingerprint density at radius 2 is 1.82 bits per heavy atom. The molecule has 22 heavy (non-hydrogen) atoms. The van der Waals surface area contributed by atoms with E-state index >= 15 is 0 Å². The van der Waals surface area contributed by atoms with Crippen LogP contribution in [0.25, 0.3) is 21.9 Å². The maximum absolute atomic E-state index is 12.6. The van der Waals surface area contributed by atoms with E-state index in [-0.39, 0.29) is 5.56 Å². The second-order valence-corrected chi connectivity index (χ2v) is 5.71. The highest BCUT2D eigenvalue weighted by Gasteiger charge is 2.16. The van der Waals surface area contributed by atoms with E-state index in [2.05, 4.69) is 17.4 Å². The van der Waals surface area contributed by atoms with Crippen LogP contribution in [0.5, 0.6) is 0 Å². The zero-order chi connectivity index (χ0) is 15.7. The quantitative estimate of drug-likeness (QED) is 0.802. The van der Waals surface area contributed by atoms with Crippen LogP contribution in [0, 0.1) is 0 Å². The van der Waals surface area contributed by atoms with Gasteiger partial charge in [0.15, 0.2) is 0 Å². The molecule has 3 rings (SSSR count). The standard InChI is InChI=1S/C18H17ClN2O/c1-20-11-16-17(12-6-4-3-5-7-12)15-10-13(19)8-9-14(15)18(22)21(16)2/h3-10,20H,11H2,1-2H3. The van der Waals surface area contributed by atoms with E-state index < -0.39 is 0 Å². The van der Waals surface area contributed by atoms with Gasteiger partial charge in [0.2, 0.25) is 0 Å². The third-order valence-corrected chi connectivity index (χ3v) is 4.12. The van der Waals surface area contributed by atoms with Crippen molar-refractivity contribution in [2.45, 2.75) is 6.54 Å². The van der Waals surface area contributed by atoms with Crippen molar-refractivity contribution >= 4 is 22.4 Å². The van der Waals surface area contributed by atoms with Crippen LogP contribution in [0.4, 0.5) is 0 Å². The second kappa shape index (κ2) is 5.95. The lowest BCUT2D eigenvalue weighted by atomic mass is 9.96. The highest BCUT2D eigenvalue weighted by atomic mass is 35.5. The lowest BCUT2D eigenvalue weighted by Gasteiger charge is -2.17. The fraction of sp³-hybridized carbons (Fsp3) is 0.167. The van der Waals surface area contributed by atoms with Crippen molar-refractivity contribution in [2.24, 2.45) is 7.05 Å². The van der Waals surface area contributed by atoms with Gasteiger partial charge in [-0.3, -0.25) is 4.79 Å².